The third-order valence-corrected chi connectivity index (χ3v) is 3.68. The fourth-order valence-corrected chi connectivity index (χ4v) is 2.45. The van der Waals surface area contributed by atoms with Crippen molar-refractivity contribution in [2.24, 2.45) is 0 Å². The van der Waals surface area contributed by atoms with Crippen molar-refractivity contribution in [3.05, 3.63) is 64.5 Å². The maximum absolute atomic E-state index is 12.7. The van der Waals surface area contributed by atoms with E-state index in [1.807, 2.05) is 0 Å². The van der Waals surface area contributed by atoms with Gasteiger partial charge in [0.15, 0.2) is 5.82 Å². The van der Waals surface area contributed by atoms with Gasteiger partial charge in [-0.1, -0.05) is 23.2 Å². The van der Waals surface area contributed by atoms with Crippen LogP contribution in [0.4, 0.5) is 24.7 Å². The molecule has 1 aromatic carbocycles. The average Bonchev–Trinajstić information content (AvgIpc) is 2.56. The van der Waals surface area contributed by atoms with E-state index in [1.165, 1.54) is 12.1 Å². The molecule has 9 heteroatoms. The van der Waals surface area contributed by atoms with Crippen LogP contribution >= 0.6 is 23.2 Å². The Balaban J connectivity index is 1.92. The summed E-state index contributed by atoms with van der Waals surface area (Å²) in [7, 11) is 0. The van der Waals surface area contributed by atoms with Crippen LogP contribution in [0, 0.1) is 0 Å². The fourth-order valence-electron chi connectivity index (χ4n) is 2.04. The molecule has 0 aliphatic heterocycles. The molecule has 0 radical (unpaired) electrons. The summed E-state index contributed by atoms with van der Waals surface area (Å²) in [6, 6.07) is 7.92. The second-order valence-electron chi connectivity index (χ2n) is 4.96. The number of halogens is 5. The number of aromatic nitrogens is 3. The van der Waals surface area contributed by atoms with Crippen LogP contribution in [-0.4, -0.2) is 15.0 Å². The molecule has 25 heavy (non-hydrogen) atoms. The highest BCUT2D eigenvalue weighted by Gasteiger charge is 2.30. The van der Waals surface area contributed by atoms with Crippen molar-refractivity contribution >= 4 is 34.7 Å². The van der Waals surface area contributed by atoms with Crippen LogP contribution in [-0.2, 0) is 6.18 Å². The minimum absolute atomic E-state index is 0.0903. The lowest BCUT2D eigenvalue weighted by Gasteiger charge is -2.12. The summed E-state index contributed by atoms with van der Waals surface area (Å²) in [5, 5.41) is 2.92. The Kier molecular flexibility index (Phi) is 4.78. The molecule has 0 atom stereocenters. The summed E-state index contributed by atoms with van der Waals surface area (Å²) in [6.45, 7) is 0. The third kappa shape index (κ3) is 4.18. The lowest BCUT2D eigenvalue weighted by atomic mass is 10.2. The highest BCUT2D eigenvalue weighted by molar-refractivity contribution is 6.33. The quantitative estimate of drug-likeness (QED) is 0.596. The van der Waals surface area contributed by atoms with Gasteiger partial charge in [-0.2, -0.15) is 13.2 Å². The van der Waals surface area contributed by atoms with Crippen molar-refractivity contribution in [2.45, 2.75) is 6.18 Å². The molecule has 0 bridgehead atoms. The number of hydrogen-bond acceptors (Lipinski definition) is 4. The van der Waals surface area contributed by atoms with Gasteiger partial charge in [0.1, 0.15) is 11.0 Å². The predicted octanol–water partition coefficient (Wildman–Crippen LogP) is 5.61. The van der Waals surface area contributed by atoms with E-state index in [9.17, 15) is 13.2 Å². The van der Waals surface area contributed by atoms with Gasteiger partial charge >= 0.3 is 6.18 Å². The number of hydrogen-bond donors (Lipinski definition) is 1. The van der Waals surface area contributed by atoms with Crippen LogP contribution in [0.3, 0.4) is 0 Å². The molecule has 0 aliphatic carbocycles. The van der Waals surface area contributed by atoms with E-state index in [2.05, 4.69) is 20.3 Å². The van der Waals surface area contributed by atoms with Gasteiger partial charge in [-0.3, -0.25) is 4.98 Å². The van der Waals surface area contributed by atoms with Crippen molar-refractivity contribution in [3.8, 4) is 11.4 Å². The number of rotatable bonds is 3. The zero-order valence-corrected chi connectivity index (χ0v) is 13.9. The molecule has 4 nitrogen and oxygen atoms in total. The summed E-state index contributed by atoms with van der Waals surface area (Å²) in [5.41, 5.74) is 0.0768. The van der Waals surface area contributed by atoms with Gasteiger partial charge in [0.25, 0.3) is 0 Å². The van der Waals surface area contributed by atoms with Gasteiger partial charge in [0.05, 0.1) is 16.3 Å². The Labute approximate surface area is 150 Å². The van der Waals surface area contributed by atoms with E-state index >= 15 is 0 Å². The lowest BCUT2D eigenvalue weighted by Crippen LogP contribution is -2.05. The van der Waals surface area contributed by atoms with E-state index < -0.39 is 11.7 Å². The van der Waals surface area contributed by atoms with Gasteiger partial charge in [-0.15, -0.1) is 0 Å². The standard InChI is InChI=1S/C16H9Cl2F3N4/c17-11-6-10(16(19,20)21)3-4-12(11)23-14-7-13(18)24-15(25-14)9-2-1-5-22-8-9/h1-8H,(H,23,24,25). The lowest BCUT2D eigenvalue weighted by molar-refractivity contribution is -0.137. The van der Waals surface area contributed by atoms with Gasteiger partial charge in [-0.25, -0.2) is 9.97 Å². The fraction of sp³-hybridized carbons (Fsp3) is 0.0625. The Morgan fingerprint density at radius 1 is 1.00 bits per heavy atom. The van der Waals surface area contributed by atoms with Gasteiger partial charge < -0.3 is 5.32 Å². The molecule has 0 amide bonds. The SMILES string of the molecule is FC(F)(F)c1ccc(Nc2cc(Cl)nc(-c3cccnc3)n2)c(Cl)c1. The first-order valence-corrected chi connectivity index (χ1v) is 7.67. The first-order valence-electron chi connectivity index (χ1n) is 6.92. The van der Waals surface area contributed by atoms with Crippen molar-refractivity contribution in [1.29, 1.82) is 0 Å². The predicted molar refractivity (Wildman–Crippen MR) is 90.0 cm³/mol. The van der Waals surface area contributed by atoms with Crippen molar-refractivity contribution < 1.29 is 13.2 Å². The molecule has 0 spiro atoms. The Morgan fingerprint density at radius 2 is 1.80 bits per heavy atom. The number of nitrogens with one attached hydrogen (secondary N) is 1. The van der Waals surface area contributed by atoms with Gasteiger partial charge in [-0.05, 0) is 30.3 Å². The van der Waals surface area contributed by atoms with E-state index in [1.54, 1.807) is 24.5 Å². The molecule has 0 aliphatic rings. The maximum Gasteiger partial charge on any atom is 0.416 e. The van der Waals surface area contributed by atoms with E-state index in [0.717, 1.165) is 12.1 Å². The minimum Gasteiger partial charge on any atom is -0.339 e. The molecule has 2 aromatic heterocycles. The summed E-state index contributed by atoms with van der Waals surface area (Å²) in [4.78, 5) is 12.4. The van der Waals surface area contributed by atoms with Crippen molar-refractivity contribution in [2.75, 3.05) is 5.32 Å². The maximum atomic E-state index is 12.7. The van der Waals surface area contributed by atoms with Crippen LogP contribution in [0.15, 0.2) is 48.8 Å². The zero-order valence-electron chi connectivity index (χ0n) is 12.4. The number of pyridine rings is 1. The molecule has 0 saturated carbocycles. The summed E-state index contributed by atoms with van der Waals surface area (Å²) < 4.78 is 38.1. The molecular weight excluding hydrogens is 376 g/mol. The molecule has 0 saturated heterocycles. The van der Waals surface area contributed by atoms with Crippen LogP contribution in [0.25, 0.3) is 11.4 Å². The summed E-state index contributed by atoms with van der Waals surface area (Å²) >= 11 is 11.9. The zero-order chi connectivity index (χ0) is 18.0. The highest BCUT2D eigenvalue weighted by atomic mass is 35.5. The number of anilines is 2. The van der Waals surface area contributed by atoms with Gasteiger partial charge in [0, 0.05) is 24.0 Å². The average molecular weight is 385 g/mol. The smallest absolute Gasteiger partial charge is 0.339 e. The van der Waals surface area contributed by atoms with Gasteiger partial charge in [0.2, 0.25) is 0 Å². The van der Waals surface area contributed by atoms with Crippen LogP contribution in [0.1, 0.15) is 5.56 Å². The third-order valence-electron chi connectivity index (χ3n) is 3.17. The number of benzene rings is 1. The Bertz CT molecular complexity index is 902. The number of nitrogens with zero attached hydrogens (tertiary/aromatic N) is 3. The second kappa shape index (κ2) is 6.85. The molecule has 3 aromatic rings. The largest absolute Gasteiger partial charge is 0.416 e. The Hall–Kier alpha value is -2.38. The number of alkyl halides is 3. The van der Waals surface area contributed by atoms with E-state index in [0.29, 0.717) is 17.2 Å². The summed E-state index contributed by atoms with van der Waals surface area (Å²) in [6.07, 6.45) is -1.29. The van der Waals surface area contributed by atoms with Crippen LogP contribution in [0.2, 0.25) is 10.2 Å². The Morgan fingerprint density at radius 3 is 2.44 bits per heavy atom. The first kappa shape index (κ1) is 17.4. The van der Waals surface area contributed by atoms with Crippen LogP contribution in [0.5, 0.6) is 0 Å². The minimum atomic E-state index is -4.46. The molecule has 2 heterocycles. The summed E-state index contributed by atoms with van der Waals surface area (Å²) in [5.74, 6) is 0.617. The highest BCUT2D eigenvalue weighted by Crippen LogP contribution is 2.34. The second-order valence-corrected chi connectivity index (χ2v) is 5.75. The van der Waals surface area contributed by atoms with Crippen molar-refractivity contribution in [3.63, 3.8) is 0 Å². The molecule has 0 fully saturated rings. The molecule has 0 unspecified atom stereocenters. The molecule has 1 N–H and O–H groups in total. The first-order chi connectivity index (χ1) is 11.8. The van der Waals surface area contributed by atoms with E-state index in [4.69, 9.17) is 23.2 Å². The van der Waals surface area contributed by atoms with Crippen LogP contribution < -0.4 is 5.32 Å². The van der Waals surface area contributed by atoms with Crippen molar-refractivity contribution in [1.82, 2.24) is 15.0 Å². The monoisotopic (exact) mass is 384 g/mol. The molecule has 128 valence electrons. The normalized spacial score (nSPS) is 11.4. The van der Waals surface area contributed by atoms with E-state index in [-0.39, 0.29) is 15.9 Å². The topological polar surface area (TPSA) is 50.7 Å². The molecular formula is C16H9Cl2F3N4. The molecule has 3 rings (SSSR count).